The van der Waals surface area contributed by atoms with Crippen LogP contribution in [0.2, 0.25) is 0 Å². The van der Waals surface area contributed by atoms with Crippen LogP contribution in [0.1, 0.15) is 30.1 Å². The Morgan fingerprint density at radius 3 is 2.71 bits per heavy atom. The fourth-order valence-corrected chi connectivity index (χ4v) is 2.84. The third-order valence-corrected chi connectivity index (χ3v) is 3.79. The molecule has 1 atom stereocenters. The summed E-state index contributed by atoms with van der Waals surface area (Å²) >= 11 is 0. The Morgan fingerprint density at radius 2 is 2.10 bits per heavy atom. The highest BCUT2D eigenvalue weighted by Gasteiger charge is 2.27. The Hall–Kier alpha value is -2.42. The zero-order chi connectivity index (χ0) is 14.8. The van der Waals surface area contributed by atoms with Crippen LogP contribution in [-0.2, 0) is 0 Å². The third kappa shape index (κ3) is 2.59. The molecule has 2 heterocycles. The number of aromatic nitrogens is 2. The van der Waals surface area contributed by atoms with Crippen molar-refractivity contribution < 1.29 is 8.78 Å². The first-order chi connectivity index (χ1) is 10.2. The minimum absolute atomic E-state index is 0.00616. The van der Waals surface area contributed by atoms with Crippen molar-refractivity contribution >= 4 is 5.69 Å². The van der Waals surface area contributed by atoms with E-state index in [9.17, 15) is 8.78 Å². The first-order valence-corrected chi connectivity index (χ1v) is 6.82. The van der Waals surface area contributed by atoms with E-state index in [1.165, 1.54) is 0 Å². The summed E-state index contributed by atoms with van der Waals surface area (Å²) in [6.07, 6.45) is 5.20. The predicted molar refractivity (Wildman–Crippen MR) is 73.8 cm³/mol. The molecular formula is C15H14F2N4. The van der Waals surface area contributed by atoms with Gasteiger partial charge in [-0.25, -0.2) is 13.8 Å². The van der Waals surface area contributed by atoms with Crippen LogP contribution >= 0.6 is 0 Å². The highest BCUT2D eigenvalue weighted by molar-refractivity contribution is 5.53. The number of rotatable bonds is 2. The molecule has 1 aliphatic heterocycles. The normalized spacial score (nSPS) is 18.5. The van der Waals surface area contributed by atoms with Crippen molar-refractivity contribution in [2.45, 2.75) is 18.8 Å². The lowest BCUT2D eigenvalue weighted by Gasteiger charge is -2.34. The van der Waals surface area contributed by atoms with Gasteiger partial charge in [0, 0.05) is 31.4 Å². The van der Waals surface area contributed by atoms with Gasteiger partial charge in [0.25, 0.3) is 0 Å². The van der Waals surface area contributed by atoms with Crippen molar-refractivity contribution in [2.75, 3.05) is 18.0 Å². The summed E-state index contributed by atoms with van der Waals surface area (Å²) in [5.74, 6) is -0.407. The van der Waals surface area contributed by atoms with Gasteiger partial charge in [-0.05, 0) is 25.0 Å². The highest BCUT2D eigenvalue weighted by atomic mass is 19.1. The van der Waals surface area contributed by atoms with Crippen LogP contribution in [0.3, 0.4) is 0 Å². The second-order valence-electron chi connectivity index (χ2n) is 5.16. The topological polar surface area (TPSA) is 55.7 Å². The summed E-state index contributed by atoms with van der Waals surface area (Å²) in [5.41, 5.74) is -0.0569. The molecular weight excluding hydrogens is 274 g/mol. The van der Waals surface area contributed by atoms with Crippen LogP contribution in [0, 0.1) is 23.0 Å². The Labute approximate surface area is 121 Å². The molecule has 1 N–H and O–H groups in total. The van der Waals surface area contributed by atoms with Crippen LogP contribution in [0.4, 0.5) is 14.5 Å². The Morgan fingerprint density at radius 1 is 1.33 bits per heavy atom. The van der Waals surface area contributed by atoms with E-state index in [0.29, 0.717) is 13.1 Å². The average Bonchev–Trinajstić information content (AvgIpc) is 3.01. The molecule has 1 aromatic carbocycles. The van der Waals surface area contributed by atoms with Crippen molar-refractivity contribution in [3.8, 4) is 6.07 Å². The summed E-state index contributed by atoms with van der Waals surface area (Å²) in [5, 5.41) is 8.75. The molecule has 1 fully saturated rings. The first kappa shape index (κ1) is 13.6. The molecule has 0 saturated carbocycles. The largest absolute Gasteiger partial charge is 0.366 e. The number of hydrogen-bond donors (Lipinski definition) is 1. The molecule has 108 valence electrons. The van der Waals surface area contributed by atoms with E-state index in [2.05, 4.69) is 9.97 Å². The number of benzene rings is 1. The van der Waals surface area contributed by atoms with Crippen LogP contribution in [-0.4, -0.2) is 23.1 Å². The monoisotopic (exact) mass is 288 g/mol. The van der Waals surface area contributed by atoms with E-state index in [-0.39, 0.29) is 17.2 Å². The average molecular weight is 288 g/mol. The van der Waals surface area contributed by atoms with E-state index in [1.807, 2.05) is 0 Å². The van der Waals surface area contributed by atoms with Crippen LogP contribution in [0.15, 0.2) is 24.5 Å². The molecule has 0 spiro atoms. The second kappa shape index (κ2) is 5.52. The number of nitrogens with one attached hydrogen (secondary N) is 1. The number of anilines is 1. The molecule has 3 rings (SSSR count). The number of hydrogen-bond acceptors (Lipinski definition) is 3. The Kier molecular flexibility index (Phi) is 3.57. The van der Waals surface area contributed by atoms with Gasteiger partial charge in [0.15, 0.2) is 11.6 Å². The van der Waals surface area contributed by atoms with Gasteiger partial charge in [-0.15, -0.1) is 0 Å². The number of nitrogens with zero attached hydrogens (tertiary/aromatic N) is 3. The van der Waals surface area contributed by atoms with Crippen molar-refractivity contribution in [3.63, 3.8) is 0 Å². The fraction of sp³-hybridized carbons (Fsp3) is 0.333. The van der Waals surface area contributed by atoms with Crippen LogP contribution < -0.4 is 4.90 Å². The van der Waals surface area contributed by atoms with Gasteiger partial charge in [-0.3, -0.25) is 0 Å². The van der Waals surface area contributed by atoms with Gasteiger partial charge in [0.1, 0.15) is 11.5 Å². The summed E-state index contributed by atoms with van der Waals surface area (Å²) in [7, 11) is 0. The van der Waals surface area contributed by atoms with Gasteiger partial charge >= 0.3 is 0 Å². The van der Waals surface area contributed by atoms with E-state index < -0.39 is 11.6 Å². The number of piperidine rings is 1. The lowest BCUT2D eigenvalue weighted by Crippen LogP contribution is -2.36. The first-order valence-electron chi connectivity index (χ1n) is 6.82. The molecule has 1 unspecified atom stereocenters. The maximum absolute atomic E-state index is 14.1. The fourth-order valence-electron chi connectivity index (χ4n) is 2.84. The number of imidazole rings is 1. The molecule has 4 nitrogen and oxygen atoms in total. The Balaban J connectivity index is 1.89. The number of H-pyrrole nitrogens is 1. The molecule has 2 aromatic rings. The maximum atomic E-state index is 14.1. The third-order valence-electron chi connectivity index (χ3n) is 3.79. The Bertz CT molecular complexity index is 652. The standard InChI is InChI=1S/C15H14F2N4/c16-12-6-10(8-18)7-13(17)14(12)21-5-1-2-11(9-21)15-19-3-4-20-15/h3-4,6-7,11H,1-2,5,9H2,(H,19,20). The molecule has 21 heavy (non-hydrogen) atoms. The summed E-state index contributed by atoms with van der Waals surface area (Å²) < 4.78 is 28.2. The SMILES string of the molecule is N#Cc1cc(F)c(N2CCCC(c3ncc[nH]3)C2)c(F)c1. The summed E-state index contributed by atoms with van der Waals surface area (Å²) in [6.45, 7) is 1.10. The minimum Gasteiger partial charge on any atom is -0.366 e. The predicted octanol–water partition coefficient (Wildman–Crippen LogP) is 2.94. The minimum atomic E-state index is -0.688. The van der Waals surface area contributed by atoms with Gasteiger partial charge in [-0.2, -0.15) is 5.26 Å². The van der Waals surface area contributed by atoms with E-state index in [4.69, 9.17) is 5.26 Å². The van der Waals surface area contributed by atoms with E-state index in [1.54, 1.807) is 23.4 Å². The number of halogens is 2. The summed E-state index contributed by atoms with van der Waals surface area (Å²) in [4.78, 5) is 8.98. The highest BCUT2D eigenvalue weighted by Crippen LogP contribution is 2.32. The number of aromatic amines is 1. The molecule has 0 radical (unpaired) electrons. The van der Waals surface area contributed by atoms with Crippen molar-refractivity contribution in [1.82, 2.24) is 9.97 Å². The van der Waals surface area contributed by atoms with Gasteiger partial charge in [0.05, 0.1) is 11.6 Å². The van der Waals surface area contributed by atoms with Gasteiger partial charge < -0.3 is 9.88 Å². The van der Waals surface area contributed by atoms with Crippen molar-refractivity contribution in [1.29, 1.82) is 5.26 Å². The molecule has 1 saturated heterocycles. The smallest absolute Gasteiger partial charge is 0.150 e. The maximum Gasteiger partial charge on any atom is 0.150 e. The zero-order valence-corrected chi connectivity index (χ0v) is 11.3. The zero-order valence-electron chi connectivity index (χ0n) is 11.3. The molecule has 1 aliphatic rings. The lowest BCUT2D eigenvalue weighted by atomic mass is 9.96. The molecule has 0 amide bonds. The lowest BCUT2D eigenvalue weighted by molar-refractivity contribution is 0.476. The van der Waals surface area contributed by atoms with Crippen molar-refractivity contribution in [3.05, 3.63) is 47.5 Å². The molecule has 0 bridgehead atoms. The molecule has 6 heteroatoms. The van der Waals surface area contributed by atoms with Gasteiger partial charge in [-0.1, -0.05) is 0 Å². The summed E-state index contributed by atoms with van der Waals surface area (Å²) in [6, 6.07) is 3.91. The van der Waals surface area contributed by atoms with E-state index >= 15 is 0 Å². The second-order valence-corrected chi connectivity index (χ2v) is 5.16. The molecule has 1 aromatic heterocycles. The molecule has 0 aliphatic carbocycles. The number of nitriles is 1. The van der Waals surface area contributed by atoms with Gasteiger partial charge in [0.2, 0.25) is 0 Å². The van der Waals surface area contributed by atoms with Crippen LogP contribution in [0.5, 0.6) is 0 Å². The quantitative estimate of drug-likeness (QED) is 0.924. The van der Waals surface area contributed by atoms with E-state index in [0.717, 1.165) is 30.8 Å². The van der Waals surface area contributed by atoms with Crippen LogP contribution in [0.25, 0.3) is 0 Å². The van der Waals surface area contributed by atoms with Crippen molar-refractivity contribution in [2.24, 2.45) is 0 Å².